The maximum atomic E-state index is 12.3. The van der Waals surface area contributed by atoms with Gasteiger partial charge in [-0.05, 0) is 59.9 Å². The maximum absolute atomic E-state index is 12.3. The molecule has 36 heavy (non-hydrogen) atoms. The fourth-order valence-corrected chi connectivity index (χ4v) is 5.39. The van der Waals surface area contributed by atoms with E-state index < -0.39 is 15.4 Å². The van der Waals surface area contributed by atoms with Gasteiger partial charge in [0.15, 0.2) is 9.84 Å². The molecular weight excluding hydrogens is 492 g/mol. The van der Waals surface area contributed by atoms with Gasteiger partial charge in [-0.15, -0.1) is 0 Å². The average Bonchev–Trinajstić information content (AvgIpc) is 3.34. The van der Waals surface area contributed by atoms with E-state index in [-0.39, 0.29) is 5.75 Å². The summed E-state index contributed by atoms with van der Waals surface area (Å²) in [6.07, 6.45) is 3.54. The molecule has 0 aliphatic carbocycles. The second kappa shape index (κ2) is 10.6. The summed E-state index contributed by atoms with van der Waals surface area (Å²) in [5.74, 6) is 0.844. The summed E-state index contributed by atoms with van der Waals surface area (Å²) in [5.41, 5.74) is 3.23. The third kappa shape index (κ3) is 5.26. The van der Waals surface area contributed by atoms with Crippen LogP contribution in [0.5, 0.6) is 0 Å². The van der Waals surface area contributed by atoms with Gasteiger partial charge in [0.2, 0.25) is 0 Å². The van der Waals surface area contributed by atoms with Crippen molar-refractivity contribution < 1.29 is 13.5 Å². The molecular formula is C29H31ClN2O3S. The lowest BCUT2D eigenvalue weighted by Gasteiger charge is -2.22. The van der Waals surface area contributed by atoms with Crippen LogP contribution in [-0.2, 0) is 21.9 Å². The molecule has 0 amide bonds. The van der Waals surface area contributed by atoms with Gasteiger partial charge < -0.3 is 9.67 Å². The molecule has 7 heteroatoms. The number of benzene rings is 3. The van der Waals surface area contributed by atoms with E-state index in [1.54, 1.807) is 25.1 Å². The number of hydrogen-bond acceptors (Lipinski definition) is 4. The van der Waals surface area contributed by atoms with Gasteiger partial charge in [-0.3, -0.25) is 0 Å². The third-order valence-electron chi connectivity index (χ3n) is 6.78. The molecule has 0 radical (unpaired) electrons. The van der Waals surface area contributed by atoms with Crippen LogP contribution < -0.4 is 0 Å². The first-order valence-electron chi connectivity index (χ1n) is 12.2. The summed E-state index contributed by atoms with van der Waals surface area (Å²) in [7, 11) is -3.28. The molecule has 0 spiro atoms. The molecule has 3 aromatic carbocycles. The Morgan fingerprint density at radius 2 is 1.61 bits per heavy atom. The normalized spacial score (nSPS) is 12.1. The number of sulfone groups is 1. The van der Waals surface area contributed by atoms with E-state index in [9.17, 15) is 13.5 Å². The van der Waals surface area contributed by atoms with Crippen LogP contribution in [0, 0.1) is 0 Å². The first kappa shape index (κ1) is 26.1. The monoisotopic (exact) mass is 522 g/mol. The molecule has 188 valence electrons. The van der Waals surface area contributed by atoms with Gasteiger partial charge in [0.05, 0.1) is 16.3 Å². The molecule has 5 nitrogen and oxygen atoms in total. The van der Waals surface area contributed by atoms with Crippen molar-refractivity contribution in [3.8, 4) is 16.8 Å². The first-order valence-corrected chi connectivity index (χ1v) is 14.2. The van der Waals surface area contributed by atoms with E-state index in [4.69, 9.17) is 16.6 Å². The summed E-state index contributed by atoms with van der Waals surface area (Å²) in [6, 6.07) is 22.6. The van der Waals surface area contributed by atoms with Crippen molar-refractivity contribution in [3.05, 3.63) is 101 Å². The highest BCUT2D eigenvalue weighted by molar-refractivity contribution is 7.91. The van der Waals surface area contributed by atoms with Crippen LogP contribution in [0.2, 0.25) is 5.02 Å². The Kier molecular flexibility index (Phi) is 7.69. The minimum Gasteiger partial charge on any atom is -0.384 e. The number of hydrogen-bond donors (Lipinski definition) is 1. The smallest absolute Gasteiger partial charge is 0.178 e. The Bertz CT molecular complexity index is 1460. The number of nitrogens with zero attached hydrogens (tertiary/aromatic N) is 2. The Labute approximate surface area is 218 Å². The topological polar surface area (TPSA) is 72.2 Å². The van der Waals surface area contributed by atoms with E-state index in [2.05, 4.69) is 0 Å². The number of halogens is 1. The van der Waals surface area contributed by atoms with E-state index in [1.807, 2.05) is 79.2 Å². The number of aromatic nitrogens is 2. The zero-order valence-electron chi connectivity index (χ0n) is 20.8. The van der Waals surface area contributed by atoms with Crippen LogP contribution in [0.15, 0.2) is 83.9 Å². The fourth-order valence-electron chi connectivity index (χ4n) is 4.27. The molecule has 4 rings (SSSR count). The lowest BCUT2D eigenvalue weighted by Crippen LogP contribution is -2.24. The zero-order valence-corrected chi connectivity index (χ0v) is 22.4. The molecule has 4 aromatic rings. The Morgan fingerprint density at radius 3 is 2.25 bits per heavy atom. The summed E-state index contributed by atoms with van der Waals surface area (Å²) in [5, 5.41) is 11.8. The van der Waals surface area contributed by atoms with E-state index in [1.165, 1.54) is 0 Å². The van der Waals surface area contributed by atoms with Crippen molar-refractivity contribution in [1.82, 2.24) is 9.55 Å². The van der Waals surface area contributed by atoms with Gasteiger partial charge in [0.1, 0.15) is 11.4 Å². The molecule has 0 atom stereocenters. The summed E-state index contributed by atoms with van der Waals surface area (Å²) >= 11 is 6.44. The molecule has 1 aromatic heterocycles. The second-order valence-corrected chi connectivity index (χ2v) is 11.6. The first-order chi connectivity index (χ1) is 17.2. The van der Waals surface area contributed by atoms with Crippen LogP contribution in [-0.4, -0.2) is 28.8 Å². The maximum Gasteiger partial charge on any atom is 0.178 e. The van der Waals surface area contributed by atoms with Gasteiger partial charge >= 0.3 is 0 Å². The molecule has 0 unspecified atom stereocenters. The third-order valence-corrected chi connectivity index (χ3v) is 8.88. The van der Waals surface area contributed by atoms with Gasteiger partial charge in [0.25, 0.3) is 0 Å². The van der Waals surface area contributed by atoms with E-state index in [0.717, 1.165) is 28.2 Å². The average molecular weight is 523 g/mol. The number of rotatable bonds is 9. The largest absolute Gasteiger partial charge is 0.384 e. The van der Waals surface area contributed by atoms with Gasteiger partial charge in [0, 0.05) is 23.3 Å². The number of imidazole rings is 1. The van der Waals surface area contributed by atoms with Crippen LogP contribution >= 0.6 is 11.6 Å². The number of aliphatic hydroxyl groups is 1. The van der Waals surface area contributed by atoms with E-state index >= 15 is 0 Å². The molecule has 0 bridgehead atoms. The Morgan fingerprint density at radius 1 is 0.917 bits per heavy atom. The van der Waals surface area contributed by atoms with Crippen LogP contribution in [0.4, 0.5) is 0 Å². The fraction of sp³-hybridized carbons (Fsp3) is 0.276. The highest BCUT2D eigenvalue weighted by atomic mass is 35.5. The summed E-state index contributed by atoms with van der Waals surface area (Å²) in [6.45, 7) is 5.56. The standard InChI is InChI=1S/C29H31ClN2O3S/c1-4-29(33,5-2)27-20-32(28(31-27)19-23-10-7-8-13-26(23)30)24-16-14-21(15-17-24)22-11-9-12-25(18-22)36(34,35)6-3/h7-18,20,33H,4-6,19H2,1-3H3. The lowest BCUT2D eigenvalue weighted by molar-refractivity contribution is 0.0243. The molecule has 1 N–H and O–H groups in total. The summed E-state index contributed by atoms with van der Waals surface area (Å²) < 4.78 is 26.7. The minimum atomic E-state index is -3.28. The van der Waals surface area contributed by atoms with Crippen molar-refractivity contribution in [2.45, 2.75) is 50.5 Å². The summed E-state index contributed by atoms with van der Waals surface area (Å²) in [4.78, 5) is 5.18. The van der Waals surface area contributed by atoms with Crippen LogP contribution in [0.3, 0.4) is 0 Å². The molecule has 0 saturated carbocycles. The minimum absolute atomic E-state index is 0.0639. The SMILES string of the molecule is CCC(O)(CC)c1cn(-c2ccc(-c3cccc(S(=O)(=O)CC)c3)cc2)c(Cc2ccccc2Cl)n1. The van der Waals surface area contributed by atoms with Crippen LogP contribution in [0.1, 0.15) is 50.7 Å². The second-order valence-electron chi connectivity index (χ2n) is 8.90. The highest BCUT2D eigenvalue weighted by Crippen LogP contribution is 2.31. The quantitative estimate of drug-likeness (QED) is 0.269. The predicted molar refractivity (Wildman–Crippen MR) is 145 cm³/mol. The van der Waals surface area contributed by atoms with Crippen molar-refractivity contribution in [1.29, 1.82) is 0 Å². The van der Waals surface area contributed by atoms with Gasteiger partial charge in [-0.2, -0.15) is 0 Å². The Hall–Kier alpha value is -2.93. The van der Waals surface area contributed by atoms with Gasteiger partial charge in [-0.25, -0.2) is 13.4 Å². The van der Waals surface area contributed by atoms with E-state index in [0.29, 0.717) is 34.9 Å². The van der Waals surface area contributed by atoms with Crippen LogP contribution in [0.25, 0.3) is 16.8 Å². The van der Waals surface area contributed by atoms with Crippen molar-refractivity contribution in [2.75, 3.05) is 5.75 Å². The highest BCUT2D eigenvalue weighted by Gasteiger charge is 2.29. The Balaban J connectivity index is 1.75. The molecule has 0 saturated heterocycles. The molecule has 0 fully saturated rings. The van der Waals surface area contributed by atoms with Crippen molar-refractivity contribution in [2.24, 2.45) is 0 Å². The predicted octanol–water partition coefficient (Wildman–Crippen LogP) is 6.58. The van der Waals surface area contributed by atoms with Crippen molar-refractivity contribution in [3.63, 3.8) is 0 Å². The molecule has 0 aliphatic rings. The molecule has 0 aliphatic heterocycles. The zero-order chi connectivity index (χ0) is 25.9. The van der Waals surface area contributed by atoms with Crippen molar-refractivity contribution >= 4 is 21.4 Å². The molecule has 1 heterocycles. The lowest BCUT2D eigenvalue weighted by atomic mass is 9.94. The van der Waals surface area contributed by atoms with Gasteiger partial charge in [-0.1, -0.05) is 74.8 Å².